The Morgan fingerprint density at radius 2 is 2.10 bits per heavy atom. The summed E-state index contributed by atoms with van der Waals surface area (Å²) in [6, 6.07) is 0. The van der Waals surface area contributed by atoms with E-state index < -0.39 is 6.10 Å². The highest BCUT2D eigenvalue weighted by Gasteiger charge is 2.05. The fourth-order valence-corrected chi connectivity index (χ4v) is 0.677. The van der Waals surface area contributed by atoms with Crippen molar-refractivity contribution in [3.8, 4) is 11.8 Å². The van der Waals surface area contributed by atoms with Gasteiger partial charge in [0.15, 0.2) is 0 Å². The molecule has 1 heteroatoms. The summed E-state index contributed by atoms with van der Waals surface area (Å²) in [4.78, 5) is 0. The predicted octanol–water partition coefficient (Wildman–Crippen LogP) is 1.58. The number of allylic oxidation sites excluding steroid dienone is 1. The van der Waals surface area contributed by atoms with Gasteiger partial charge >= 0.3 is 0 Å². The van der Waals surface area contributed by atoms with Crippen LogP contribution in [-0.4, -0.2) is 11.2 Å². The molecule has 0 saturated heterocycles. The summed E-state index contributed by atoms with van der Waals surface area (Å²) in [7, 11) is 0. The van der Waals surface area contributed by atoms with Crippen molar-refractivity contribution in [3.63, 3.8) is 0 Å². The molecule has 0 aromatic heterocycles. The first-order valence-corrected chi connectivity index (χ1v) is 3.45. The molecule has 0 aliphatic carbocycles. The fraction of sp³-hybridized carbons (Fsp3) is 0.556. The Bertz CT molecular complexity index is 159. The molecule has 0 aromatic rings. The summed E-state index contributed by atoms with van der Waals surface area (Å²) >= 11 is 0. The van der Waals surface area contributed by atoms with E-state index in [-0.39, 0.29) is 5.92 Å². The van der Waals surface area contributed by atoms with E-state index in [1.807, 2.05) is 19.9 Å². The Morgan fingerprint density at radius 3 is 2.50 bits per heavy atom. The molecular weight excluding hydrogens is 124 g/mol. The van der Waals surface area contributed by atoms with Gasteiger partial charge in [0.1, 0.15) is 0 Å². The van der Waals surface area contributed by atoms with Gasteiger partial charge in [-0.05, 0) is 20.8 Å². The maximum absolute atomic E-state index is 9.26. The zero-order chi connectivity index (χ0) is 7.98. The predicted molar refractivity (Wildman–Crippen MR) is 43.4 cm³/mol. The molecule has 0 aliphatic rings. The molecule has 0 aromatic carbocycles. The molecule has 1 nitrogen and oxygen atoms in total. The lowest BCUT2D eigenvalue weighted by Crippen LogP contribution is -2.12. The lowest BCUT2D eigenvalue weighted by Gasteiger charge is -2.07. The van der Waals surface area contributed by atoms with Crippen molar-refractivity contribution in [2.75, 3.05) is 0 Å². The molecule has 10 heavy (non-hydrogen) atoms. The molecule has 0 amide bonds. The number of hydrogen-bond donors (Lipinski definition) is 1. The second-order valence-electron chi connectivity index (χ2n) is 2.20. The highest BCUT2D eigenvalue weighted by molar-refractivity contribution is 5.05. The van der Waals surface area contributed by atoms with Gasteiger partial charge in [-0.15, -0.1) is 5.92 Å². The number of hydrogen-bond acceptors (Lipinski definition) is 1. The smallest absolute Gasteiger partial charge is 0.0855 e. The summed E-state index contributed by atoms with van der Waals surface area (Å²) in [5.74, 6) is 5.68. The molecule has 2 unspecified atom stereocenters. The van der Waals surface area contributed by atoms with E-state index >= 15 is 0 Å². The van der Waals surface area contributed by atoms with Gasteiger partial charge in [0.2, 0.25) is 0 Å². The maximum atomic E-state index is 9.26. The van der Waals surface area contributed by atoms with Crippen LogP contribution in [0.4, 0.5) is 0 Å². The van der Waals surface area contributed by atoms with Gasteiger partial charge in [-0.25, -0.2) is 0 Å². The average Bonchev–Trinajstić information content (AvgIpc) is 1.89. The second-order valence-corrected chi connectivity index (χ2v) is 2.20. The van der Waals surface area contributed by atoms with E-state index in [0.29, 0.717) is 0 Å². The lowest BCUT2D eigenvalue weighted by atomic mass is 10.1. The minimum Gasteiger partial charge on any atom is -0.388 e. The van der Waals surface area contributed by atoms with Gasteiger partial charge in [0.05, 0.1) is 6.10 Å². The number of aliphatic hydroxyl groups excluding tert-OH is 1. The topological polar surface area (TPSA) is 20.2 Å². The maximum Gasteiger partial charge on any atom is 0.0855 e. The Balaban J connectivity index is 3.89. The molecule has 56 valence electrons. The SMILES string of the molecule is CC#CC(C)C(O)/C=C/C. The molecule has 2 atom stereocenters. The van der Waals surface area contributed by atoms with Gasteiger partial charge < -0.3 is 5.11 Å². The standard InChI is InChI=1S/C9H14O/c1-4-6-8(3)9(10)7-5-2/h5,7-10H,1-3H3/b7-5+. The van der Waals surface area contributed by atoms with Crippen LogP contribution in [0, 0.1) is 17.8 Å². The van der Waals surface area contributed by atoms with Crippen molar-refractivity contribution in [1.29, 1.82) is 0 Å². The first kappa shape index (κ1) is 9.26. The van der Waals surface area contributed by atoms with Crippen LogP contribution in [0.15, 0.2) is 12.2 Å². The fourth-order valence-electron chi connectivity index (χ4n) is 0.677. The molecule has 0 radical (unpaired) electrons. The molecule has 0 bridgehead atoms. The molecule has 0 fully saturated rings. The van der Waals surface area contributed by atoms with Crippen molar-refractivity contribution >= 4 is 0 Å². The molecule has 0 saturated carbocycles. The van der Waals surface area contributed by atoms with E-state index in [9.17, 15) is 5.11 Å². The number of aliphatic hydroxyl groups is 1. The van der Waals surface area contributed by atoms with E-state index in [1.54, 1.807) is 13.0 Å². The Kier molecular flexibility index (Phi) is 4.70. The van der Waals surface area contributed by atoms with E-state index in [2.05, 4.69) is 11.8 Å². The van der Waals surface area contributed by atoms with E-state index in [4.69, 9.17) is 0 Å². The highest BCUT2D eigenvalue weighted by Crippen LogP contribution is 2.01. The lowest BCUT2D eigenvalue weighted by molar-refractivity contribution is 0.189. The third-order valence-electron chi connectivity index (χ3n) is 1.27. The zero-order valence-corrected chi connectivity index (χ0v) is 6.76. The normalized spacial score (nSPS) is 16.0. The van der Waals surface area contributed by atoms with Crippen LogP contribution < -0.4 is 0 Å². The van der Waals surface area contributed by atoms with Crippen molar-refractivity contribution in [3.05, 3.63) is 12.2 Å². The summed E-state index contributed by atoms with van der Waals surface area (Å²) in [6.45, 7) is 5.56. The van der Waals surface area contributed by atoms with Crippen LogP contribution >= 0.6 is 0 Å². The van der Waals surface area contributed by atoms with Gasteiger partial charge in [-0.1, -0.05) is 18.1 Å². The van der Waals surface area contributed by atoms with Crippen LogP contribution in [0.3, 0.4) is 0 Å². The van der Waals surface area contributed by atoms with Crippen molar-refractivity contribution < 1.29 is 5.11 Å². The summed E-state index contributed by atoms with van der Waals surface area (Å²) < 4.78 is 0. The molecular formula is C9H14O. The third kappa shape index (κ3) is 3.32. The quantitative estimate of drug-likeness (QED) is 0.453. The molecule has 0 rings (SSSR count). The first-order valence-electron chi connectivity index (χ1n) is 3.45. The Morgan fingerprint density at radius 1 is 1.50 bits per heavy atom. The van der Waals surface area contributed by atoms with Crippen molar-refractivity contribution in [2.45, 2.75) is 26.9 Å². The van der Waals surface area contributed by atoms with Crippen LogP contribution in [0.25, 0.3) is 0 Å². The van der Waals surface area contributed by atoms with Crippen LogP contribution in [0.5, 0.6) is 0 Å². The van der Waals surface area contributed by atoms with Gasteiger partial charge in [0.25, 0.3) is 0 Å². The van der Waals surface area contributed by atoms with Gasteiger partial charge in [0, 0.05) is 5.92 Å². The minimum atomic E-state index is -0.419. The van der Waals surface area contributed by atoms with Crippen LogP contribution in [0.2, 0.25) is 0 Å². The largest absolute Gasteiger partial charge is 0.388 e. The summed E-state index contributed by atoms with van der Waals surface area (Å²) in [5.41, 5.74) is 0. The van der Waals surface area contributed by atoms with E-state index in [0.717, 1.165) is 0 Å². The Hall–Kier alpha value is -0.740. The van der Waals surface area contributed by atoms with Crippen LogP contribution in [0.1, 0.15) is 20.8 Å². The summed E-state index contributed by atoms with van der Waals surface area (Å²) in [6.07, 6.45) is 3.16. The van der Waals surface area contributed by atoms with Crippen LogP contribution in [-0.2, 0) is 0 Å². The number of rotatable bonds is 2. The average molecular weight is 138 g/mol. The second kappa shape index (κ2) is 5.08. The van der Waals surface area contributed by atoms with Crippen molar-refractivity contribution in [2.24, 2.45) is 5.92 Å². The minimum absolute atomic E-state index is 0.0428. The molecule has 1 N–H and O–H groups in total. The van der Waals surface area contributed by atoms with Gasteiger partial charge in [-0.2, -0.15) is 0 Å². The molecule has 0 aliphatic heterocycles. The van der Waals surface area contributed by atoms with Gasteiger partial charge in [-0.3, -0.25) is 0 Å². The first-order chi connectivity index (χ1) is 4.72. The highest BCUT2D eigenvalue weighted by atomic mass is 16.3. The zero-order valence-electron chi connectivity index (χ0n) is 6.76. The molecule has 0 heterocycles. The third-order valence-corrected chi connectivity index (χ3v) is 1.27. The monoisotopic (exact) mass is 138 g/mol. The van der Waals surface area contributed by atoms with E-state index in [1.165, 1.54) is 0 Å². The summed E-state index contributed by atoms with van der Waals surface area (Å²) in [5, 5.41) is 9.26. The Labute approximate surface area is 62.8 Å². The molecule has 0 spiro atoms. The van der Waals surface area contributed by atoms with Crippen molar-refractivity contribution in [1.82, 2.24) is 0 Å².